The SMILES string of the molecule is COc1ccc(OC)c(NC2=C(c3ccccc3OC)C(=O)N(c3cccc(C)c3)C2=O)c1. The fourth-order valence-electron chi connectivity index (χ4n) is 3.79. The van der Waals surface area contributed by atoms with Crippen molar-refractivity contribution in [3.63, 3.8) is 0 Å². The van der Waals surface area contributed by atoms with E-state index in [1.54, 1.807) is 61.7 Å². The number of para-hydroxylation sites is 1. The summed E-state index contributed by atoms with van der Waals surface area (Å²) in [4.78, 5) is 28.5. The molecule has 168 valence electrons. The molecule has 0 aromatic heterocycles. The number of carbonyl (C=O) groups excluding carboxylic acids is 2. The van der Waals surface area contributed by atoms with E-state index in [-0.39, 0.29) is 11.3 Å². The summed E-state index contributed by atoms with van der Waals surface area (Å²) in [6, 6.07) is 19.5. The number of hydrogen-bond donors (Lipinski definition) is 1. The van der Waals surface area contributed by atoms with Crippen LogP contribution in [0.25, 0.3) is 5.57 Å². The van der Waals surface area contributed by atoms with Gasteiger partial charge in [-0.05, 0) is 42.8 Å². The molecule has 0 fully saturated rings. The number of nitrogens with zero attached hydrogens (tertiary/aromatic N) is 1. The molecule has 3 aromatic rings. The van der Waals surface area contributed by atoms with Gasteiger partial charge in [0.15, 0.2) is 0 Å². The Balaban J connectivity index is 1.90. The molecule has 0 saturated heterocycles. The van der Waals surface area contributed by atoms with Crippen molar-refractivity contribution in [3.8, 4) is 17.2 Å². The first-order chi connectivity index (χ1) is 16.0. The minimum atomic E-state index is -0.476. The van der Waals surface area contributed by atoms with Gasteiger partial charge >= 0.3 is 0 Å². The smallest absolute Gasteiger partial charge is 0.282 e. The van der Waals surface area contributed by atoms with Crippen molar-refractivity contribution in [1.29, 1.82) is 0 Å². The summed E-state index contributed by atoms with van der Waals surface area (Å²) in [7, 11) is 4.61. The average Bonchev–Trinajstić information content (AvgIpc) is 3.07. The van der Waals surface area contributed by atoms with Crippen molar-refractivity contribution < 1.29 is 23.8 Å². The van der Waals surface area contributed by atoms with Crippen LogP contribution in [0.5, 0.6) is 17.2 Å². The molecular weight excluding hydrogens is 420 g/mol. The second-order valence-corrected chi connectivity index (χ2v) is 7.43. The molecule has 0 spiro atoms. The number of hydrogen-bond acceptors (Lipinski definition) is 6. The third-order valence-corrected chi connectivity index (χ3v) is 5.39. The molecule has 7 heteroatoms. The van der Waals surface area contributed by atoms with Gasteiger partial charge in [0, 0.05) is 11.6 Å². The molecule has 4 rings (SSSR count). The summed E-state index contributed by atoms with van der Waals surface area (Å²) >= 11 is 0. The second-order valence-electron chi connectivity index (χ2n) is 7.43. The fourth-order valence-corrected chi connectivity index (χ4v) is 3.79. The molecule has 1 N–H and O–H groups in total. The molecule has 0 aliphatic carbocycles. The Morgan fingerprint density at radius 1 is 0.758 bits per heavy atom. The standard InChI is InChI=1S/C26H24N2O5/c1-16-8-7-9-17(14-16)28-25(29)23(19-10-5-6-11-21(19)32-3)24(26(28)30)27-20-15-18(31-2)12-13-22(20)33-4/h5-15,27H,1-4H3. The van der Waals surface area contributed by atoms with Crippen LogP contribution in [0.2, 0.25) is 0 Å². The Hall–Kier alpha value is -4.26. The largest absolute Gasteiger partial charge is 0.497 e. The van der Waals surface area contributed by atoms with Gasteiger partial charge in [-0.25, -0.2) is 4.90 Å². The Kier molecular flexibility index (Phi) is 6.04. The number of nitrogens with one attached hydrogen (secondary N) is 1. The summed E-state index contributed by atoms with van der Waals surface area (Å²) in [5.74, 6) is 0.634. The average molecular weight is 444 g/mol. The highest BCUT2D eigenvalue weighted by molar-refractivity contribution is 6.46. The summed E-state index contributed by atoms with van der Waals surface area (Å²) < 4.78 is 16.3. The van der Waals surface area contributed by atoms with Gasteiger partial charge in [-0.3, -0.25) is 9.59 Å². The number of carbonyl (C=O) groups is 2. The molecule has 0 bridgehead atoms. The van der Waals surface area contributed by atoms with Crippen molar-refractivity contribution in [2.75, 3.05) is 31.5 Å². The zero-order chi connectivity index (χ0) is 23.5. The lowest BCUT2D eigenvalue weighted by Crippen LogP contribution is -2.32. The topological polar surface area (TPSA) is 77.1 Å². The molecule has 0 radical (unpaired) electrons. The van der Waals surface area contributed by atoms with Crippen molar-refractivity contribution in [2.45, 2.75) is 6.92 Å². The zero-order valence-corrected chi connectivity index (χ0v) is 18.8. The van der Waals surface area contributed by atoms with Gasteiger partial charge in [0.1, 0.15) is 22.9 Å². The Morgan fingerprint density at radius 2 is 1.52 bits per heavy atom. The van der Waals surface area contributed by atoms with E-state index in [0.717, 1.165) is 5.56 Å². The number of imide groups is 1. The van der Waals surface area contributed by atoms with Crippen molar-refractivity contribution in [2.24, 2.45) is 0 Å². The predicted molar refractivity (Wildman–Crippen MR) is 127 cm³/mol. The minimum absolute atomic E-state index is 0.123. The summed E-state index contributed by atoms with van der Waals surface area (Å²) in [5, 5.41) is 3.14. The Morgan fingerprint density at radius 3 is 2.21 bits per heavy atom. The van der Waals surface area contributed by atoms with Crippen LogP contribution < -0.4 is 24.4 Å². The maximum absolute atomic E-state index is 13.7. The number of anilines is 2. The first-order valence-corrected chi connectivity index (χ1v) is 10.3. The lowest BCUT2D eigenvalue weighted by atomic mass is 10.0. The van der Waals surface area contributed by atoms with Gasteiger partial charge in [-0.2, -0.15) is 0 Å². The lowest BCUT2D eigenvalue weighted by Gasteiger charge is -2.16. The van der Waals surface area contributed by atoms with Crippen LogP contribution in [0.3, 0.4) is 0 Å². The van der Waals surface area contributed by atoms with Crippen LogP contribution >= 0.6 is 0 Å². The van der Waals surface area contributed by atoms with E-state index in [1.807, 2.05) is 19.1 Å². The number of aryl methyl sites for hydroxylation is 1. The molecule has 3 aromatic carbocycles. The highest BCUT2D eigenvalue weighted by Crippen LogP contribution is 2.39. The molecular formula is C26H24N2O5. The molecule has 0 atom stereocenters. The molecule has 7 nitrogen and oxygen atoms in total. The first-order valence-electron chi connectivity index (χ1n) is 10.3. The van der Waals surface area contributed by atoms with Crippen LogP contribution in [0, 0.1) is 6.92 Å². The van der Waals surface area contributed by atoms with Crippen LogP contribution in [-0.4, -0.2) is 33.1 Å². The third-order valence-electron chi connectivity index (χ3n) is 5.39. The lowest BCUT2D eigenvalue weighted by molar-refractivity contribution is -0.120. The van der Waals surface area contributed by atoms with E-state index in [9.17, 15) is 9.59 Å². The molecule has 0 saturated carbocycles. The Bertz CT molecular complexity index is 1270. The maximum atomic E-state index is 13.7. The predicted octanol–water partition coefficient (Wildman–Crippen LogP) is 4.42. The van der Waals surface area contributed by atoms with Crippen molar-refractivity contribution >= 4 is 28.8 Å². The first kappa shape index (κ1) is 22.0. The normalized spacial score (nSPS) is 13.4. The number of ether oxygens (including phenoxy) is 3. The maximum Gasteiger partial charge on any atom is 0.282 e. The molecule has 1 heterocycles. The van der Waals surface area contributed by atoms with Gasteiger partial charge in [0.25, 0.3) is 11.8 Å². The number of methoxy groups -OCH3 is 3. The molecule has 33 heavy (non-hydrogen) atoms. The van der Waals surface area contributed by atoms with Gasteiger partial charge in [0.05, 0.1) is 38.3 Å². The number of amides is 2. The second kappa shape index (κ2) is 9.08. The summed E-state index contributed by atoms with van der Waals surface area (Å²) in [6.45, 7) is 1.91. The molecule has 2 amide bonds. The highest BCUT2D eigenvalue weighted by atomic mass is 16.5. The van der Waals surface area contributed by atoms with E-state index in [1.165, 1.54) is 19.1 Å². The fraction of sp³-hybridized carbons (Fsp3) is 0.154. The monoisotopic (exact) mass is 444 g/mol. The minimum Gasteiger partial charge on any atom is -0.497 e. The van der Waals surface area contributed by atoms with Crippen LogP contribution in [0.1, 0.15) is 11.1 Å². The van der Waals surface area contributed by atoms with Gasteiger partial charge in [-0.15, -0.1) is 0 Å². The summed E-state index contributed by atoms with van der Waals surface area (Å²) in [6.07, 6.45) is 0. The van der Waals surface area contributed by atoms with Gasteiger partial charge in [-0.1, -0.05) is 30.3 Å². The number of benzene rings is 3. The van der Waals surface area contributed by atoms with Crippen LogP contribution in [-0.2, 0) is 9.59 Å². The van der Waals surface area contributed by atoms with E-state index in [0.29, 0.717) is 34.2 Å². The zero-order valence-electron chi connectivity index (χ0n) is 18.8. The summed E-state index contributed by atoms with van der Waals surface area (Å²) in [5.41, 5.74) is 2.76. The highest BCUT2D eigenvalue weighted by Gasteiger charge is 2.41. The van der Waals surface area contributed by atoms with E-state index in [4.69, 9.17) is 14.2 Å². The Labute approximate surface area is 192 Å². The quantitative estimate of drug-likeness (QED) is 0.544. The molecule has 1 aliphatic heterocycles. The number of rotatable bonds is 7. The van der Waals surface area contributed by atoms with Gasteiger partial charge < -0.3 is 19.5 Å². The third kappa shape index (κ3) is 4.01. The van der Waals surface area contributed by atoms with Crippen molar-refractivity contribution in [3.05, 3.63) is 83.6 Å². The van der Waals surface area contributed by atoms with Gasteiger partial charge in [0.2, 0.25) is 0 Å². The van der Waals surface area contributed by atoms with Crippen LogP contribution in [0.15, 0.2) is 72.4 Å². The van der Waals surface area contributed by atoms with Crippen LogP contribution in [0.4, 0.5) is 11.4 Å². The molecule has 0 unspecified atom stereocenters. The van der Waals surface area contributed by atoms with E-state index < -0.39 is 11.8 Å². The van der Waals surface area contributed by atoms with E-state index in [2.05, 4.69) is 5.32 Å². The molecule has 1 aliphatic rings. The van der Waals surface area contributed by atoms with Crippen molar-refractivity contribution in [1.82, 2.24) is 0 Å². The van der Waals surface area contributed by atoms with E-state index >= 15 is 0 Å².